The second-order valence-electron chi connectivity index (χ2n) is 4.82. The number of rotatable bonds is 2. The van der Waals surface area contributed by atoms with Crippen LogP contribution in [-0.4, -0.2) is 19.8 Å². The van der Waals surface area contributed by atoms with Crippen LogP contribution in [0.2, 0.25) is 0 Å². The van der Waals surface area contributed by atoms with Gasteiger partial charge in [-0.2, -0.15) is 0 Å². The second-order valence-corrected chi connectivity index (χ2v) is 4.82. The van der Waals surface area contributed by atoms with E-state index in [1.165, 1.54) is 11.3 Å². The van der Waals surface area contributed by atoms with Crippen LogP contribution in [0.3, 0.4) is 0 Å². The summed E-state index contributed by atoms with van der Waals surface area (Å²) in [7, 11) is 1.66. The summed E-state index contributed by atoms with van der Waals surface area (Å²) in [5.41, 5.74) is 3.54. The van der Waals surface area contributed by atoms with E-state index in [9.17, 15) is 0 Å². The molecule has 2 aromatic carbocycles. The van der Waals surface area contributed by atoms with Gasteiger partial charge in [-0.3, -0.25) is 0 Å². The third-order valence-electron chi connectivity index (χ3n) is 3.43. The second kappa shape index (κ2) is 6.30. The number of hydrogen-bond donors (Lipinski definition) is 0. The molecule has 0 aromatic heterocycles. The molecule has 0 bridgehead atoms. The summed E-state index contributed by atoms with van der Waals surface area (Å²) in [6.07, 6.45) is 4.28. The van der Waals surface area contributed by atoms with Gasteiger partial charge in [0, 0.05) is 18.5 Å². The minimum atomic E-state index is 0.0254. The molecule has 21 heavy (non-hydrogen) atoms. The Morgan fingerprint density at radius 3 is 2.62 bits per heavy atom. The van der Waals surface area contributed by atoms with Crippen LogP contribution >= 0.6 is 0 Å². The van der Waals surface area contributed by atoms with E-state index in [1.807, 2.05) is 6.07 Å². The average molecular weight is 275 g/mol. The Balaban J connectivity index is 2.05. The van der Waals surface area contributed by atoms with Gasteiger partial charge in [0.15, 0.2) is 0 Å². The van der Waals surface area contributed by atoms with Crippen molar-refractivity contribution >= 4 is 17.5 Å². The summed E-state index contributed by atoms with van der Waals surface area (Å²) in [5, 5.41) is 0. The molecule has 3 rings (SSSR count). The van der Waals surface area contributed by atoms with Crippen LogP contribution in [0.25, 0.3) is 6.08 Å². The van der Waals surface area contributed by atoms with E-state index in [0.29, 0.717) is 6.61 Å². The topological polar surface area (TPSA) is 12.5 Å². The molecule has 1 aliphatic rings. The van der Waals surface area contributed by atoms with Gasteiger partial charge in [0.2, 0.25) is 0 Å². The lowest BCUT2D eigenvalue weighted by molar-refractivity contribution is 0.239. The first kappa shape index (κ1) is 13.5. The zero-order valence-electron chi connectivity index (χ0n) is 12.0. The maximum absolute atomic E-state index is 5.03. The first-order chi connectivity index (χ1) is 10.4. The van der Waals surface area contributed by atoms with Gasteiger partial charge < -0.3 is 9.64 Å². The maximum Gasteiger partial charge on any atom is 0.114 e. The average Bonchev–Trinajstić information content (AvgIpc) is 2.55. The zero-order valence-corrected chi connectivity index (χ0v) is 12.0. The maximum atomic E-state index is 5.03. The van der Waals surface area contributed by atoms with Crippen molar-refractivity contribution in [3.63, 3.8) is 0 Å². The Kier molecular flexibility index (Phi) is 4.04. The van der Waals surface area contributed by atoms with Gasteiger partial charge in [0.25, 0.3) is 0 Å². The van der Waals surface area contributed by atoms with Gasteiger partial charge in [-0.1, -0.05) is 54.3 Å². The first-order valence-electron chi connectivity index (χ1n) is 6.99. The number of benzene rings is 2. The molecular weight excluding hydrogens is 258 g/mol. The molecule has 0 aliphatic carbocycles. The molecule has 1 aliphatic heterocycles. The predicted octanol–water partition coefficient (Wildman–Crippen LogP) is 3.87. The lowest BCUT2D eigenvalue weighted by atomic mass is 10.0. The van der Waals surface area contributed by atoms with E-state index in [0.717, 1.165) is 5.69 Å². The van der Waals surface area contributed by atoms with Crippen molar-refractivity contribution in [1.29, 1.82) is 0 Å². The van der Waals surface area contributed by atoms with Gasteiger partial charge in [0.05, 0.1) is 0 Å². The highest BCUT2D eigenvalue weighted by molar-refractivity contribution is 5.79. The molecule has 1 unspecified atom stereocenters. The number of para-hydroxylation sites is 2. The van der Waals surface area contributed by atoms with Gasteiger partial charge >= 0.3 is 0 Å². The lowest BCUT2D eigenvalue weighted by Gasteiger charge is -2.33. The van der Waals surface area contributed by atoms with Crippen molar-refractivity contribution in [2.75, 3.05) is 18.6 Å². The highest BCUT2D eigenvalue weighted by Crippen LogP contribution is 2.34. The minimum Gasteiger partial charge on any atom is -0.372 e. The number of hydrogen-bond acceptors (Lipinski definition) is 2. The molecule has 0 N–H and O–H groups in total. The van der Waals surface area contributed by atoms with E-state index in [1.54, 1.807) is 7.11 Å². The highest BCUT2D eigenvalue weighted by atomic mass is 16.5. The standard InChI is InChI=1S/C19H17NO/c1-21-15-7-11-18-14-13-16-8-5-6-12-19(16)20(18)17-9-3-2-4-10-17/h2-6,8-10,12-14,18H,15H2,1H3. The first-order valence-corrected chi connectivity index (χ1v) is 6.99. The molecule has 2 aromatic rings. The fourth-order valence-corrected chi connectivity index (χ4v) is 2.50. The van der Waals surface area contributed by atoms with E-state index in [2.05, 4.69) is 77.4 Å². The van der Waals surface area contributed by atoms with Crippen molar-refractivity contribution in [3.8, 4) is 11.8 Å². The number of ether oxygens (including phenoxy) is 1. The largest absolute Gasteiger partial charge is 0.372 e. The van der Waals surface area contributed by atoms with Crippen LogP contribution in [0.4, 0.5) is 11.4 Å². The van der Waals surface area contributed by atoms with Crippen LogP contribution in [0.5, 0.6) is 0 Å². The summed E-state index contributed by atoms with van der Waals surface area (Å²) >= 11 is 0. The smallest absolute Gasteiger partial charge is 0.114 e. The molecule has 0 spiro atoms. The van der Waals surface area contributed by atoms with Gasteiger partial charge in [-0.15, -0.1) is 0 Å². The summed E-state index contributed by atoms with van der Waals surface area (Å²) in [6, 6.07) is 18.8. The summed E-state index contributed by atoms with van der Waals surface area (Å²) < 4.78 is 5.03. The van der Waals surface area contributed by atoms with E-state index in [4.69, 9.17) is 4.74 Å². The number of methoxy groups -OCH3 is 1. The summed E-state index contributed by atoms with van der Waals surface area (Å²) in [4.78, 5) is 2.26. The molecule has 104 valence electrons. The van der Waals surface area contributed by atoms with Crippen LogP contribution in [0.15, 0.2) is 60.7 Å². The molecule has 1 heterocycles. The van der Waals surface area contributed by atoms with E-state index < -0.39 is 0 Å². The molecule has 1 atom stereocenters. The van der Waals surface area contributed by atoms with Crippen molar-refractivity contribution < 1.29 is 4.74 Å². The monoisotopic (exact) mass is 275 g/mol. The van der Waals surface area contributed by atoms with Crippen LogP contribution in [0, 0.1) is 11.8 Å². The molecule has 2 nitrogen and oxygen atoms in total. The van der Waals surface area contributed by atoms with Crippen LogP contribution in [0.1, 0.15) is 5.56 Å². The van der Waals surface area contributed by atoms with E-state index in [-0.39, 0.29) is 6.04 Å². The molecule has 2 heteroatoms. The third-order valence-corrected chi connectivity index (χ3v) is 3.43. The third kappa shape index (κ3) is 2.84. The predicted molar refractivity (Wildman–Crippen MR) is 87.5 cm³/mol. The summed E-state index contributed by atoms with van der Waals surface area (Å²) in [6.45, 7) is 0.453. The Morgan fingerprint density at radius 2 is 1.81 bits per heavy atom. The van der Waals surface area contributed by atoms with Gasteiger partial charge in [-0.25, -0.2) is 0 Å². The Morgan fingerprint density at radius 1 is 1.05 bits per heavy atom. The Labute approximate surface area is 125 Å². The fourth-order valence-electron chi connectivity index (χ4n) is 2.50. The minimum absolute atomic E-state index is 0.0254. The van der Waals surface area contributed by atoms with Gasteiger partial charge in [0.1, 0.15) is 12.6 Å². The number of fused-ring (bicyclic) bond motifs is 1. The number of nitrogens with zero attached hydrogens (tertiary/aromatic N) is 1. The fraction of sp³-hybridized carbons (Fsp3) is 0.158. The zero-order chi connectivity index (χ0) is 14.5. The lowest BCUT2D eigenvalue weighted by Crippen LogP contribution is -2.30. The van der Waals surface area contributed by atoms with Crippen molar-refractivity contribution in [2.24, 2.45) is 0 Å². The quantitative estimate of drug-likeness (QED) is 0.771. The van der Waals surface area contributed by atoms with Gasteiger partial charge in [-0.05, 0) is 29.8 Å². The molecule has 0 radical (unpaired) electrons. The number of anilines is 2. The SMILES string of the molecule is COCC#CC1C=Cc2ccccc2N1c1ccccc1. The molecule has 0 saturated heterocycles. The van der Waals surface area contributed by atoms with Crippen LogP contribution in [-0.2, 0) is 4.74 Å². The normalized spacial score (nSPS) is 16.0. The molecule has 0 fully saturated rings. The summed E-state index contributed by atoms with van der Waals surface area (Å²) in [5.74, 6) is 6.35. The van der Waals surface area contributed by atoms with E-state index >= 15 is 0 Å². The molecular formula is C19H17NO. The van der Waals surface area contributed by atoms with Crippen molar-refractivity contribution in [1.82, 2.24) is 0 Å². The highest BCUT2D eigenvalue weighted by Gasteiger charge is 2.21. The van der Waals surface area contributed by atoms with Crippen molar-refractivity contribution in [3.05, 3.63) is 66.2 Å². The Hall–Kier alpha value is -2.50. The van der Waals surface area contributed by atoms with Crippen LogP contribution < -0.4 is 4.90 Å². The van der Waals surface area contributed by atoms with Crippen molar-refractivity contribution in [2.45, 2.75) is 6.04 Å². The molecule has 0 saturated carbocycles. The Bertz CT molecular complexity index is 694. The molecule has 0 amide bonds.